The van der Waals surface area contributed by atoms with E-state index >= 15 is 0 Å². The Bertz CT molecular complexity index is 382. The van der Waals surface area contributed by atoms with Gasteiger partial charge in [-0.05, 0) is 65.5 Å². The van der Waals surface area contributed by atoms with E-state index in [4.69, 9.17) is 0 Å². The van der Waals surface area contributed by atoms with Gasteiger partial charge in [0.05, 0.1) is 0 Å². The van der Waals surface area contributed by atoms with E-state index in [0.29, 0.717) is 6.04 Å². The first-order valence-electron chi connectivity index (χ1n) is 8.13. The Hall–Kier alpha value is 0.140. The summed E-state index contributed by atoms with van der Waals surface area (Å²) in [6.07, 6.45) is 11.2. The fourth-order valence-electron chi connectivity index (χ4n) is 3.55. The zero-order chi connectivity index (χ0) is 14.4. The summed E-state index contributed by atoms with van der Waals surface area (Å²) in [4.78, 5) is 1.50. The predicted molar refractivity (Wildman–Crippen MR) is 93.5 cm³/mol. The second-order valence-electron chi connectivity index (χ2n) is 6.21. The molecular weight excluding hydrogens is 330 g/mol. The van der Waals surface area contributed by atoms with Gasteiger partial charge in [0.25, 0.3) is 0 Å². The SMILES string of the molecule is CCCCC1CCC(C(Cc2sccc2Br)NC)CC1. The van der Waals surface area contributed by atoms with Crippen LogP contribution >= 0.6 is 27.3 Å². The summed E-state index contributed by atoms with van der Waals surface area (Å²) in [5.74, 6) is 1.88. The highest BCUT2D eigenvalue weighted by molar-refractivity contribution is 9.10. The highest BCUT2D eigenvalue weighted by Gasteiger charge is 2.27. The molecule has 3 heteroatoms. The second kappa shape index (κ2) is 8.55. The molecule has 1 heterocycles. The van der Waals surface area contributed by atoms with Crippen LogP contribution in [0.15, 0.2) is 15.9 Å². The van der Waals surface area contributed by atoms with Gasteiger partial charge in [-0.15, -0.1) is 11.3 Å². The molecule has 0 aliphatic heterocycles. The molecule has 1 aromatic heterocycles. The largest absolute Gasteiger partial charge is 0.316 e. The number of rotatable bonds is 7. The van der Waals surface area contributed by atoms with Gasteiger partial charge in [0.2, 0.25) is 0 Å². The molecular formula is C17H28BrNS. The van der Waals surface area contributed by atoms with Crippen molar-refractivity contribution < 1.29 is 0 Å². The van der Waals surface area contributed by atoms with E-state index in [1.165, 1.54) is 60.7 Å². The van der Waals surface area contributed by atoms with Crippen LogP contribution in [0.25, 0.3) is 0 Å². The van der Waals surface area contributed by atoms with Crippen LogP contribution in [-0.2, 0) is 6.42 Å². The third-order valence-corrected chi connectivity index (χ3v) is 6.84. The Morgan fingerprint density at radius 3 is 2.65 bits per heavy atom. The molecule has 1 aliphatic rings. The third kappa shape index (κ3) is 4.57. The van der Waals surface area contributed by atoms with Crippen LogP contribution in [0.3, 0.4) is 0 Å². The first-order valence-corrected chi connectivity index (χ1v) is 9.81. The third-order valence-electron chi connectivity index (χ3n) is 4.89. The van der Waals surface area contributed by atoms with Crippen LogP contribution < -0.4 is 5.32 Å². The van der Waals surface area contributed by atoms with Gasteiger partial charge in [-0.2, -0.15) is 0 Å². The minimum atomic E-state index is 0.650. The maximum Gasteiger partial charge on any atom is 0.0314 e. The molecule has 1 aromatic rings. The lowest BCUT2D eigenvalue weighted by molar-refractivity contribution is 0.216. The van der Waals surface area contributed by atoms with Crippen LogP contribution in [0.4, 0.5) is 0 Å². The highest BCUT2D eigenvalue weighted by atomic mass is 79.9. The van der Waals surface area contributed by atoms with Crippen molar-refractivity contribution in [3.05, 3.63) is 20.8 Å². The molecule has 20 heavy (non-hydrogen) atoms. The van der Waals surface area contributed by atoms with Gasteiger partial charge in [0.15, 0.2) is 0 Å². The molecule has 0 amide bonds. The monoisotopic (exact) mass is 357 g/mol. The van der Waals surface area contributed by atoms with Crippen LogP contribution in [0.1, 0.15) is 56.7 Å². The van der Waals surface area contributed by atoms with Crippen LogP contribution in [0.2, 0.25) is 0 Å². The summed E-state index contributed by atoms with van der Waals surface area (Å²) < 4.78 is 1.29. The summed E-state index contributed by atoms with van der Waals surface area (Å²) in [5.41, 5.74) is 0. The van der Waals surface area contributed by atoms with Gasteiger partial charge in [0.1, 0.15) is 0 Å². The molecule has 1 fully saturated rings. The molecule has 1 atom stereocenters. The standard InChI is InChI=1S/C17H28BrNS/c1-3-4-5-13-6-8-14(9-7-13)16(19-2)12-17-15(18)10-11-20-17/h10-11,13-14,16,19H,3-9,12H2,1-2H3. The van der Waals surface area contributed by atoms with E-state index < -0.39 is 0 Å². The zero-order valence-corrected chi connectivity index (χ0v) is 15.2. The number of hydrogen-bond acceptors (Lipinski definition) is 2. The molecule has 0 aromatic carbocycles. The first-order chi connectivity index (χ1) is 9.74. The summed E-state index contributed by atoms with van der Waals surface area (Å²) in [5, 5.41) is 5.77. The number of hydrogen-bond donors (Lipinski definition) is 1. The summed E-state index contributed by atoms with van der Waals surface area (Å²) >= 11 is 5.55. The van der Waals surface area contributed by atoms with Gasteiger partial charge in [-0.1, -0.05) is 39.0 Å². The van der Waals surface area contributed by atoms with Crippen LogP contribution in [0, 0.1) is 11.8 Å². The first kappa shape index (κ1) is 16.5. The van der Waals surface area contributed by atoms with Gasteiger partial charge in [-0.25, -0.2) is 0 Å². The van der Waals surface area contributed by atoms with E-state index in [9.17, 15) is 0 Å². The van der Waals surface area contributed by atoms with E-state index in [0.717, 1.165) is 11.8 Å². The van der Waals surface area contributed by atoms with E-state index in [-0.39, 0.29) is 0 Å². The molecule has 1 unspecified atom stereocenters. The molecule has 114 valence electrons. The lowest BCUT2D eigenvalue weighted by Crippen LogP contribution is -2.37. The molecule has 2 rings (SSSR count). The fourth-order valence-corrected chi connectivity index (χ4v) is 5.12. The minimum absolute atomic E-state index is 0.650. The van der Waals surface area contributed by atoms with Crippen molar-refractivity contribution >= 4 is 27.3 Å². The minimum Gasteiger partial charge on any atom is -0.316 e. The molecule has 0 spiro atoms. The van der Waals surface area contributed by atoms with Gasteiger partial charge < -0.3 is 5.32 Å². The smallest absolute Gasteiger partial charge is 0.0314 e. The molecule has 0 saturated heterocycles. The van der Waals surface area contributed by atoms with E-state index in [1.54, 1.807) is 0 Å². The Labute approximate surface area is 136 Å². The fraction of sp³-hybridized carbons (Fsp3) is 0.765. The molecule has 1 N–H and O–H groups in total. The highest BCUT2D eigenvalue weighted by Crippen LogP contribution is 2.35. The average molecular weight is 358 g/mol. The number of nitrogens with one attached hydrogen (secondary N) is 1. The molecule has 1 saturated carbocycles. The van der Waals surface area contributed by atoms with Crippen molar-refractivity contribution in [2.75, 3.05) is 7.05 Å². The summed E-state index contributed by atoms with van der Waals surface area (Å²) in [6, 6.07) is 2.83. The molecule has 0 bridgehead atoms. The Morgan fingerprint density at radius 1 is 1.35 bits per heavy atom. The molecule has 1 nitrogen and oxygen atoms in total. The van der Waals surface area contributed by atoms with Crippen LogP contribution in [0.5, 0.6) is 0 Å². The molecule has 1 aliphatic carbocycles. The quantitative estimate of drug-likeness (QED) is 0.665. The topological polar surface area (TPSA) is 12.0 Å². The Kier molecular flexibility index (Phi) is 7.06. The van der Waals surface area contributed by atoms with Crippen molar-refractivity contribution in [3.63, 3.8) is 0 Å². The lowest BCUT2D eigenvalue weighted by atomic mass is 9.76. The Balaban J connectivity index is 1.82. The van der Waals surface area contributed by atoms with Crippen molar-refractivity contribution in [3.8, 4) is 0 Å². The molecule has 0 radical (unpaired) electrons. The maximum absolute atomic E-state index is 3.67. The normalized spacial score (nSPS) is 24.8. The predicted octanol–water partition coefficient (Wildman–Crippen LogP) is 5.64. The number of halogens is 1. The van der Waals surface area contributed by atoms with Crippen molar-refractivity contribution in [2.24, 2.45) is 11.8 Å². The Morgan fingerprint density at radius 2 is 2.10 bits per heavy atom. The average Bonchev–Trinajstić information content (AvgIpc) is 2.88. The summed E-state index contributed by atoms with van der Waals surface area (Å²) in [7, 11) is 2.13. The van der Waals surface area contributed by atoms with Crippen molar-refractivity contribution in [1.82, 2.24) is 5.32 Å². The van der Waals surface area contributed by atoms with Crippen molar-refractivity contribution in [1.29, 1.82) is 0 Å². The van der Waals surface area contributed by atoms with Crippen LogP contribution in [-0.4, -0.2) is 13.1 Å². The number of thiophene rings is 1. The van der Waals surface area contributed by atoms with E-state index in [2.05, 4.69) is 46.7 Å². The summed E-state index contributed by atoms with van der Waals surface area (Å²) in [6.45, 7) is 2.31. The number of unbranched alkanes of at least 4 members (excludes halogenated alkanes) is 1. The van der Waals surface area contributed by atoms with E-state index in [1.807, 2.05) is 11.3 Å². The van der Waals surface area contributed by atoms with Gasteiger partial charge in [-0.3, -0.25) is 0 Å². The lowest BCUT2D eigenvalue weighted by Gasteiger charge is -2.34. The van der Waals surface area contributed by atoms with Gasteiger partial charge in [0, 0.05) is 15.4 Å². The maximum atomic E-state index is 3.67. The zero-order valence-electron chi connectivity index (χ0n) is 12.8. The van der Waals surface area contributed by atoms with Gasteiger partial charge >= 0.3 is 0 Å². The van der Waals surface area contributed by atoms with Crippen molar-refractivity contribution in [2.45, 2.75) is 64.3 Å². The second-order valence-corrected chi connectivity index (χ2v) is 8.07. The number of likely N-dealkylation sites (N-methyl/N-ethyl adjacent to an activating group) is 1.